The van der Waals surface area contributed by atoms with Gasteiger partial charge in [0.25, 0.3) is 0 Å². The minimum atomic E-state index is -0.306. The number of ether oxygens (including phenoxy) is 1. The monoisotopic (exact) mass is 492 g/mol. The average molecular weight is 493 g/mol. The summed E-state index contributed by atoms with van der Waals surface area (Å²) in [6.07, 6.45) is 4.08. The van der Waals surface area contributed by atoms with Crippen LogP contribution in [0.1, 0.15) is 33.5 Å². The Hall–Kier alpha value is -3.43. The van der Waals surface area contributed by atoms with Crippen LogP contribution in [0.15, 0.2) is 83.3 Å². The second kappa shape index (κ2) is 7.86. The minimum Gasteiger partial charge on any atom is -0.465 e. The first-order chi connectivity index (χ1) is 16.1. The summed E-state index contributed by atoms with van der Waals surface area (Å²) in [6.45, 7) is 0. The molecule has 5 aromatic rings. The van der Waals surface area contributed by atoms with Gasteiger partial charge in [0.2, 0.25) is 0 Å². The molecule has 0 saturated carbocycles. The summed E-state index contributed by atoms with van der Waals surface area (Å²) < 4.78 is 6.02. The molecule has 0 radical (unpaired) electrons. The van der Waals surface area contributed by atoms with Crippen molar-refractivity contribution in [3.05, 3.63) is 106 Å². The quantitative estimate of drug-likeness (QED) is 0.141. The van der Waals surface area contributed by atoms with Gasteiger partial charge in [-0.1, -0.05) is 70.5 Å². The summed E-state index contributed by atoms with van der Waals surface area (Å²) in [6, 6.07) is 27.6. The van der Waals surface area contributed by atoms with E-state index in [0.29, 0.717) is 5.56 Å². The molecule has 0 N–H and O–H groups in total. The van der Waals surface area contributed by atoms with Crippen LogP contribution in [0.2, 0.25) is 0 Å². The van der Waals surface area contributed by atoms with Gasteiger partial charge in [-0.2, -0.15) is 0 Å². The molecule has 3 heteroatoms. The summed E-state index contributed by atoms with van der Waals surface area (Å²) in [5, 5.41) is 7.66. The number of methoxy groups -OCH3 is 1. The highest BCUT2D eigenvalue weighted by Gasteiger charge is 2.22. The van der Waals surface area contributed by atoms with Crippen LogP contribution in [-0.2, 0) is 11.2 Å². The van der Waals surface area contributed by atoms with Gasteiger partial charge in [-0.25, -0.2) is 4.79 Å². The van der Waals surface area contributed by atoms with Crippen LogP contribution in [0.3, 0.4) is 0 Å². The Morgan fingerprint density at radius 3 is 2.24 bits per heavy atom. The van der Waals surface area contributed by atoms with E-state index in [0.717, 1.165) is 28.5 Å². The minimum absolute atomic E-state index is 0.306. The number of esters is 1. The summed E-state index contributed by atoms with van der Waals surface area (Å²) in [5.74, 6) is -0.306. The van der Waals surface area contributed by atoms with E-state index in [1.165, 1.54) is 50.6 Å². The van der Waals surface area contributed by atoms with Gasteiger partial charge < -0.3 is 4.74 Å². The second-order valence-corrected chi connectivity index (χ2v) is 9.45. The predicted octanol–water partition coefficient (Wildman–Crippen LogP) is 8.18. The van der Waals surface area contributed by atoms with Crippen LogP contribution < -0.4 is 0 Å². The summed E-state index contributed by atoms with van der Waals surface area (Å²) >= 11 is 3.58. The highest BCUT2D eigenvalue weighted by Crippen LogP contribution is 2.42. The number of fused-ring (bicyclic) bond motifs is 7. The number of halogens is 1. The van der Waals surface area contributed by atoms with Crippen LogP contribution >= 0.6 is 15.9 Å². The van der Waals surface area contributed by atoms with Crippen molar-refractivity contribution in [1.82, 2.24) is 0 Å². The first kappa shape index (κ1) is 20.2. The fourth-order valence-corrected chi connectivity index (χ4v) is 5.56. The second-order valence-electron chi connectivity index (χ2n) is 8.53. The van der Waals surface area contributed by atoms with E-state index in [9.17, 15) is 4.79 Å². The molecule has 6 rings (SSSR count). The van der Waals surface area contributed by atoms with Gasteiger partial charge in [-0.15, -0.1) is 0 Å². The van der Waals surface area contributed by atoms with Crippen LogP contribution in [0, 0.1) is 0 Å². The lowest BCUT2D eigenvalue weighted by atomic mass is 9.81. The van der Waals surface area contributed by atoms with Gasteiger partial charge in [0, 0.05) is 4.47 Å². The van der Waals surface area contributed by atoms with E-state index in [1.807, 2.05) is 18.2 Å². The molecule has 1 aliphatic rings. The Bertz CT molecular complexity index is 1630. The van der Waals surface area contributed by atoms with Crippen LogP contribution in [0.5, 0.6) is 0 Å². The van der Waals surface area contributed by atoms with E-state index < -0.39 is 0 Å². The van der Waals surface area contributed by atoms with Gasteiger partial charge in [0.15, 0.2) is 0 Å². The topological polar surface area (TPSA) is 26.3 Å². The zero-order valence-corrected chi connectivity index (χ0v) is 19.8. The maximum atomic E-state index is 12.5. The van der Waals surface area contributed by atoms with E-state index >= 15 is 0 Å². The van der Waals surface area contributed by atoms with Crippen molar-refractivity contribution in [3.8, 4) is 0 Å². The molecule has 1 aliphatic carbocycles. The zero-order valence-electron chi connectivity index (χ0n) is 18.2. The normalized spacial score (nSPS) is 13.2. The standard InChI is InChI=1S/C30H21BrO2/c1-33-30(32)25-13-11-21(31)17-26(25)20-10-12-24-27(16-20)22-8-4-5-9-23(22)28-14-18-6-2-3-7-19(18)15-29(24)28/h2-9,11,13-17H,10,12H2,1H3. The maximum absolute atomic E-state index is 12.5. The van der Waals surface area contributed by atoms with Gasteiger partial charge in [0.05, 0.1) is 12.7 Å². The van der Waals surface area contributed by atoms with E-state index in [2.05, 4.69) is 82.7 Å². The summed E-state index contributed by atoms with van der Waals surface area (Å²) in [5.41, 5.74) is 5.34. The molecular weight excluding hydrogens is 472 g/mol. The molecule has 0 heterocycles. The lowest BCUT2D eigenvalue weighted by molar-refractivity contribution is 0.0600. The van der Waals surface area contributed by atoms with E-state index in [-0.39, 0.29) is 5.97 Å². The van der Waals surface area contributed by atoms with Gasteiger partial charge in [-0.3, -0.25) is 0 Å². The Morgan fingerprint density at radius 2 is 1.48 bits per heavy atom. The number of hydrogen-bond donors (Lipinski definition) is 0. The maximum Gasteiger partial charge on any atom is 0.338 e. The van der Waals surface area contributed by atoms with Gasteiger partial charge in [0.1, 0.15) is 0 Å². The molecular formula is C30H21BrO2. The number of hydrogen-bond acceptors (Lipinski definition) is 2. The number of carbonyl (C=O) groups is 1. The molecule has 2 nitrogen and oxygen atoms in total. The Kier molecular flexibility index (Phi) is 4.81. The van der Waals surface area contributed by atoms with Crippen LogP contribution in [0.4, 0.5) is 0 Å². The number of benzene rings is 5. The summed E-state index contributed by atoms with van der Waals surface area (Å²) in [7, 11) is 1.43. The number of carbonyl (C=O) groups excluding carboxylic acids is 1. The molecule has 0 fully saturated rings. The highest BCUT2D eigenvalue weighted by atomic mass is 79.9. The molecule has 0 bridgehead atoms. The first-order valence-corrected chi connectivity index (χ1v) is 11.9. The van der Waals surface area contributed by atoms with Gasteiger partial charge in [-0.05, 0) is 97.8 Å². The Balaban J connectivity index is 1.67. The van der Waals surface area contributed by atoms with Crippen molar-refractivity contribution in [1.29, 1.82) is 0 Å². The molecule has 0 aliphatic heterocycles. The Morgan fingerprint density at radius 1 is 0.788 bits per heavy atom. The fraction of sp³-hybridized carbons (Fsp3) is 0.100. The summed E-state index contributed by atoms with van der Waals surface area (Å²) in [4.78, 5) is 12.5. The number of rotatable bonds is 2. The highest BCUT2D eigenvalue weighted by molar-refractivity contribution is 9.10. The molecule has 5 aromatic carbocycles. The third-order valence-corrected chi connectivity index (χ3v) is 7.23. The zero-order chi connectivity index (χ0) is 22.5. The largest absolute Gasteiger partial charge is 0.465 e. The van der Waals surface area contributed by atoms with E-state index in [1.54, 1.807) is 0 Å². The molecule has 0 aromatic heterocycles. The molecule has 0 unspecified atom stereocenters. The molecule has 0 atom stereocenters. The number of aryl methyl sites for hydroxylation is 1. The SMILES string of the molecule is COC(=O)c1ccc(Br)cc1C1=Cc2c(c3cc4ccccc4cc3c3ccccc23)CC1. The number of allylic oxidation sites excluding steroid dienone is 1. The van der Waals surface area contributed by atoms with Crippen molar-refractivity contribution in [2.45, 2.75) is 12.8 Å². The molecule has 160 valence electrons. The Labute approximate surface area is 200 Å². The fourth-order valence-electron chi connectivity index (χ4n) is 5.20. The lowest BCUT2D eigenvalue weighted by Gasteiger charge is -2.23. The molecule has 0 saturated heterocycles. The predicted molar refractivity (Wildman–Crippen MR) is 141 cm³/mol. The average Bonchev–Trinajstić information content (AvgIpc) is 2.87. The lowest BCUT2D eigenvalue weighted by Crippen LogP contribution is -2.08. The molecule has 0 amide bonds. The van der Waals surface area contributed by atoms with Crippen molar-refractivity contribution in [2.75, 3.05) is 7.11 Å². The van der Waals surface area contributed by atoms with Crippen molar-refractivity contribution in [2.24, 2.45) is 0 Å². The smallest absolute Gasteiger partial charge is 0.338 e. The van der Waals surface area contributed by atoms with E-state index in [4.69, 9.17) is 4.74 Å². The van der Waals surface area contributed by atoms with Crippen LogP contribution in [0.25, 0.3) is 44.0 Å². The molecule has 33 heavy (non-hydrogen) atoms. The first-order valence-electron chi connectivity index (χ1n) is 11.1. The van der Waals surface area contributed by atoms with Crippen molar-refractivity contribution < 1.29 is 9.53 Å². The van der Waals surface area contributed by atoms with Gasteiger partial charge >= 0.3 is 5.97 Å². The molecule has 0 spiro atoms. The third kappa shape index (κ3) is 3.27. The third-order valence-electron chi connectivity index (χ3n) is 6.74. The van der Waals surface area contributed by atoms with Crippen LogP contribution in [-0.4, -0.2) is 13.1 Å². The van der Waals surface area contributed by atoms with Crippen molar-refractivity contribution >= 4 is 65.9 Å². The van der Waals surface area contributed by atoms with Crippen molar-refractivity contribution in [3.63, 3.8) is 0 Å².